The summed E-state index contributed by atoms with van der Waals surface area (Å²) in [6.45, 7) is 5.82. The molecule has 2 aromatic rings. The predicted molar refractivity (Wildman–Crippen MR) is 245 cm³/mol. The first-order valence-corrected chi connectivity index (χ1v) is 25.3. The molecule has 0 fully saturated rings. The van der Waals surface area contributed by atoms with Gasteiger partial charge in [-0.25, -0.2) is 0 Å². The van der Waals surface area contributed by atoms with E-state index in [1.807, 2.05) is 12.1 Å². The van der Waals surface area contributed by atoms with Gasteiger partial charge < -0.3 is 13.6 Å². The van der Waals surface area contributed by atoms with Gasteiger partial charge in [0.2, 0.25) is 5.69 Å². The summed E-state index contributed by atoms with van der Waals surface area (Å²) in [5.41, 5.74) is 3.79. The Morgan fingerprint density at radius 2 is 0.875 bits per heavy atom. The van der Waals surface area contributed by atoms with Gasteiger partial charge in [-0.3, -0.25) is 0 Å². The Hall–Kier alpha value is -1.41. The lowest BCUT2D eigenvalue weighted by Gasteiger charge is -2.27. The quantitative estimate of drug-likeness (QED) is 0.0541. The maximum atomic E-state index is 16.7. The second-order valence-electron chi connectivity index (χ2n) is 17.5. The minimum absolute atomic E-state index is 0.437. The van der Waals surface area contributed by atoms with Crippen molar-refractivity contribution in [3.05, 3.63) is 44.3 Å². The monoisotopic (exact) mass is 902 g/mol. The largest absolute Gasteiger partial charge is 0.881 e. The van der Waals surface area contributed by atoms with Crippen LogP contribution in [-0.2, 0) is 12.8 Å². The number of nitrogens with zero attached hydrogens (tertiary/aromatic N) is 2. The first kappa shape index (κ1) is 47.3. The summed E-state index contributed by atoms with van der Waals surface area (Å²) in [5, 5.41) is 4.95. The highest BCUT2D eigenvalue weighted by molar-refractivity contribution is 9.10. The van der Waals surface area contributed by atoms with Gasteiger partial charge in [-0.05, 0) is 59.1 Å². The van der Waals surface area contributed by atoms with Crippen molar-refractivity contribution in [1.82, 2.24) is 0 Å². The van der Waals surface area contributed by atoms with Gasteiger partial charge in [0.05, 0.1) is 0 Å². The molecule has 0 saturated heterocycles. The highest BCUT2D eigenvalue weighted by Gasteiger charge is 2.61. The predicted octanol–water partition coefficient (Wildman–Crippen LogP) is 18.1. The third-order valence-corrected chi connectivity index (χ3v) is 13.9. The van der Waals surface area contributed by atoms with Crippen molar-refractivity contribution >= 4 is 50.2 Å². The molecule has 3 unspecified atom stereocenters. The summed E-state index contributed by atoms with van der Waals surface area (Å²) < 4.78 is 32.1. The summed E-state index contributed by atoms with van der Waals surface area (Å²) >= 11 is 7.70. The lowest BCUT2D eigenvalue weighted by Crippen LogP contribution is -2.50. The Kier molecular flexibility index (Phi) is 22.5. The Morgan fingerprint density at radius 3 is 1.32 bits per heavy atom. The Morgan fingerprint density at radius 1 is 0.518 bits per heavy atom. The molecule has 2 aromatic carbocycles. The van der Waals surface area contributed by atoms with E-state index in [9.17, 15) is 0 Å². The van der Waals surface area contributed by atoms with Crippen LogP contribution in [0.1, 0.15) is 219 Å². The van der Waals surface area contributed by atoms with E-state index in [0.717, 1.165) is 21.8 Å². The second kappa shape index (κ2) is 26.6. The fourth-order valence-corrected chi connectivity index (χ4v) is 9.92. The molecule has 4 nitrogen and oxygen atoms in total. The van der Waals surface area contributed by atoms with E-state index < -0.39 is 6.96 Å². The van der Waals surface area contributed by atoms with Gasteiger partial charge in [0, 0.05) is 15.0 Å². The van der Waals surface area contributed by atoms with Crippen LogP contribution in [0, 0.1) is 11.8 Å². The third kappa shape index (κ3) is 15.6. The highest BCUT2D eigenvalue weighted by atomic mass is 79.9. The average Bonchev–Trinajstić information content (AvgIpc) is 3.45. The molecule has 0 saturated carbocycles. The first-order valence-electron chi connectivity index (χ1n) is 23.7. The fraction of sp³-hybridized carbons (Fsp3) is 0.750. The van der Waals surface area contributed by atoms with Crippen LogP contribution < -0.4 is 9.31 Å². The van der Waals surface area contributed by atoms with Crippen LogP contribution in [0.5, 0.6) is 11.5 Å². The van der Waals surface area contributed by atoms with Crippen LogP contribution in [0.25, 0.3) is 0 Å². The number of azo groups is 1. The maximum Gasteiger partial charge on any atom is 0.881 e. The number of hydrogen-bond acceptors (Lipinski definition) is 3. The molecule has 0 aliphatic carbocycles. The molecule has 4 rings (SSSR count). The summed E-state index contributed by atoms with van der Waals surface area (Å²) in [7, 11) is 0. The van der Waals surface area contributed by atoms with Crippen LogP contribution in [0.15, 0.2) is 38.3 Å². The highest BCUT2D eigenvalue weighted by Crippen LogP contribution is 2.49. The molecule has 316 valence electrons. The number of unbranched alkanes of at least 4 members (excludes halogenated alkanes) is 20. The molecule has 0 aromatic heterocycles. The van der Waals surface area contributed by atoms with Crippen molar-refractivity contribution in [3.8, 4) is 11.5 Å². The van der Waals surface area contributed by atoms with Gasteiger partial charge >= 0.3 is 6.96 Å². The van der Waals surface area contributed by atoms with Crippen molar-refractivity contribution in [2.45, 2.75) is 220 Å². The van der Waals surface area contributed by atoms with Crippen LogP contribution in [0.3, 0.4) is 0 Å². The number of benzene rings is 2. The molecular formula is C48H78BBr2FN2O2. The SMILES string of the molecule is CCCCCCCCCCC(CCCCCC)Cc1cc2c(cc1Br)O[B-]1(F)Oc3cc(Br)c(CC(CCCCCC)CCCCCCCCCC)cc3[N+]1=N2. The van der Waals surface area contributed by atoms with Gasteiger partial charge in [-0.1, -0.05) is 239 Å². The van der Waals surface area contributed by atoms with E-state index in [4.69, 9.17) is 14.4 Å². The van der Waals surface area contributed by atoms with E-state index in [1.165, 1.54) is 196 Å². The van der Waals surface area contributed by atoms with E-state index in [2.05, 4.69) is 71.7 Å². The molecule has 2 aliphatic heterocycles. The summed E-state index contributed by atoms with van der Waals surface area (Å²) in [6.07, 6.45) is 38.9. The van der Waals surface area contributed by atoms with Crippen LogP contribution in [0.4, 0.5) is 15.7 Å². The van der Waals surface area contributed by atoms with E-state index >= 15 is 4.32 Å². The molecule has 3 atom stereocenters. The van der Waals surface area contributed by atoms with E-state index in [-0.39, 0.29) is 0 Å². The second-order valence-corrected chi connectivity index (χ2v) is 19.2. The molecule has 0 amide bonds. The molecule has 0 N–H and O–H groups in total. The number of hydrogen-bond donors (Lipinski definition) is 0. The van der Waals surface area contributed by atoms with Crippen molar-refractivity contribution in [2.75, 3.05) is 0 Å². The zero-order valence-electron chi connectivity index (χ0n) is 36.1. The van der Waals surface area contributed by atoms with E-state index in [0.29, 0.717) is 34.7 Å². The van der Waals surface area contributed by atoms with Crippen LogP contribution in [0.2, 0.25) is 0 Å². The number of rotatable bonds is 32. The van der Waals surface area contributed by atoms with Gasteiger partial charge in [0.25, 0.3) is 0 Å². The van der Waals surface area contributed by atoms with Crippen LogP contribution in [-0.4, -0.2) is 11.6 Å². The van der Waals surface area contributed by atoms with Gasteiger partial charge in [-0.15, -0.1) is 0 Å². The van der Waals surface area contributed by atoms with Gasteiger partial charge in [0.1, 0.15) is 11.5 Å². The standard InChI is InChI=1S/C48H78BBr2FN2O2/c1-5-9-13-17-19-21-23-27-31-39(29-25-15-11-7-3)33-41-35-45-47(37-43(41)50)55-49(52)54(53-45)46-36-42(44(51)38-48(46)56-49)34-40(30-26-16-12-8-4)32-28-24-22-20-18-14-10-6-2/h35-40H,5-34H2,1-4H3. The van der Waals surface area contributed by atoms with Gasteiger partial charge in [-0.2, -0.15) is 4.61 Å². The minimum atomic E-state index is -3.33. The molecule has 0 spiro atoms. The van der Waals surface area contributed by atoms with Gasteiger partial charge in [0.15, 0.2) is 5.69 Å². The molecule has 56 heavy (non-hydrogen) atoms. The molecule has 0 bridgehead atoms. The zero-order valence-corrected chi connectivity index (χ0v) is 39.3. The van der Waals surface area contributed by atoms with Crippen molar-refractivity contribution in [3.63, 3.8) is 0 Å². The third-order valence-electron chi connectivity index (χ3n) is 12.4. The Balaban J connectivity index is 1.46. The Labute approximate surface area is 359 Å². The lowest BCUT2D eigenvalue weighted by atomic mass is 9.88. The number of fused-ring (bicyclic) bond motifs is 4. The van der Waals surface area contributed by atoms with Crippen molar-refractivity contribution < 1.29 is 18.2 Å². The van der Waals surface area contributed by atoms with Crippen molar-refractivity contribution in [2.24, 2.45) is 17.0 Å². The van der Waals surface area contributed by atoms with E-state index in [1.54, 1.807) is 0 Å². The minimum Gasteiger partial charge on any atom is -0.588 e. The lowest BCUT2D eigenvalue weighted by molar-refractivity contribution is -0.411. The number of halogens is 3. The summed E-state index contributed by atoms with van der Waals surface area (Å²) in [4.78, 5) is 0. The zero-order chi connectivity index (χ0) is 40.0. The molecular weight excluding hydrogens is 826 g/mol. The Bertz CT molecular complexity index is 1450. The molecule has 2 heterocycles. The average molecular weight is 905 g/mol. The summed E-state index contributed by atoms with van der Waals surface area (Å²) in [6, 6.07) is 8.11. The van der Waals surface area contributed by atoms with Crippen molar-refractivity contribution in [1.29, 1.82) is 0 Å². The molecule has 2 aliphatic rings. The van der Waals surface area contributed by atoms with Crippen LogP contribution >= 0.6 is 31.9 Å². The smallest absolute Gasteiger partial charge is 0.588 e. The fourth-order valence-electron chi connectivity index (χ4n) is 8.95. The molecule has 8 heteroatoms. The normalized spacial score (nSPS) is 16.8. The maximum absolute atomic E-state index is 16.7. The molecule has 0 radical (unpaired) electrons. The summed E-state index contributed by atoms with van der Waals surface area (Å²) in [5.74, 6) is 2.16. The first-order chi connectivity index (χ1) is 27.3. The topological polar surface area (TPSA) is 33.8 Å².